The third-order valence-electron chi connectivity index (χ3n) is 7.48. The van der Waals surface area contributed by atoms with E-state index in [2.05, 4.69) is 5.32 Å². The van der Waals surface area contributed by atoms with Crippen LogP contribution in [0.2, 0.25) is 0 Å². The zero-order chi connectivity index (χ0) is 34.0. The minimum absolute atomic E-state index is 0.00325. The van der Waals surface area contributed by atoms with Crippen molar-refractivity contribution in [1.82, 2.24) is 5.32 Å². The standard InChI is InChI=1S/C36H44N2O9/c1-35(2,3)47-30(40)18-19-36(34(41)37-23-26-11-8-13-29(43-5)31(26)44-6)32(25-10-7-12-28(22-25)42-4)46-33(38-36)24-14-16-27(17-15-24)45-21-9-20-39/h7-8,10-17,22,32,39H,9,18-21,23H2,1-6H3,(H,37,41)/t32-,36-/m1/s1. The van der Waals surface area contributed by atoms with E-state index in [9.17, 15) is 9.59 Å². The number of ether oxygens (including phenoxy) is 6. The first-order valence-electron chi connectivity index (χ1n) is 15.5. The highest BCUT2D eigenvalue weighted by atomic mass is 16.6. The van der Waals surface area contributed by atoms with E-state index in [4.69, 9.17) is 38.5 Å². The molecule has 47 heavy (non-hydrogen) atoms. The summed E-state index contributed by atoms with van der Waals surface area (Å²) in [6.45, 7) is 5.88. The summed E-state index contributed by atoms with van der Waals surface area (Å²) in [7, 11) is 4.64. The molecule has 3 aromatic carbocycles. The second kappa shape index (κ2) is 15.7. The van der Waals surface area contributed by atoms with Crippen LogP contribution in [0.5, 0.6) is 23.0 Å². The number of carbonyl (C=O) groups is 2. The number of nitrogens with zero attached hydrogens (tertiary/aromatic N) is 1. The molecule has 1 aliphatic heterocycles. The quantitative estimate of drug-likeness (QED) is 0.169. The number of hydrogen-bond donors (Lipinski definition) is 2. The lowest BCUT2D eigenvalue weighted by molar-refractivity contribution is -0.155. The van der Waals surface area contributed by atoms with Gasteiger partial charge in [-0.05, 0) is 75.2 Å². The Bertz CT molecular complexity index is 1550. The maximum atomic E-state index is 14.5. The number of para-hydroxylation sites is 1. The van der Waals surface area contributed by atoms with Crippen molar-refractivity contribution in [2.75, 3.05) is 34.5 Å². The summed E-state index contributed by atoms with van der Waals surface area (Å²) >= 11 is 0. The molecular weight excluding hydrogens is 604 g/mol. The van der Waals surface area contributed by atoms with Crippen LogP contribution in [-0.4, -0.2) is 68.6 Å². The number of carbonyl (C=O) groups excluding carboxylic acids is 2. The van der Waals surface area contributed by atoms with Crippen molar-refractivity contribution in [2.45, 2.75) is 63.8 Å². The number of hydrogen-bond acceptors (Lipinski definition) is 10. The monoisotopic (exact) mass is 648 g/mol. The van der Waals surface area contributed by atoms with Gasteiger partial charge in [0.05, 0.1) is 27.9 Å². The normalized spacial score (nSPS) is 17.3. The van der Waals surface area contributed by atoms with Crippen molar-refractivity contribution in [3.63, 3.8) is 0 Å². The Morgan fingerprint density at radius 2 is 1.70 bits per heavy atom. The van der Waals surface area contributed by atoms with Crippen molar-refractivity contribution in [2.24, 2.45) is 4.99 Å². The summed E-state index contributed by atoms with van der Waals surface area (Å²) in [5, 5.41) is 12.1. The Kier molecular flexibility index (Phi) is 11.7. The molecule has 0 fully saturated rings. The highest BCUT2D eigenvalue weighted by Crippen LogP contribution is 2.44. The van der Waals surface area contributed by atoms with Gasteiger partial charge in [-0.25, -0.2) is 4.99 Å². The summed E-state index contributed by atoms with van der Waals surface area (Å²) in [4.78, 5) is 32.5. The Morgan fingerprint density at radius 3 is 2.36 bits per heavy atom. The van der Waals surface area contributed by atoms with Gasteiger partial charge in [-0.2, -0.15) is 0 Å². The van der Waals surface area contributed by atoms with Crippen LogP contribution >= 0.6 is 0 Å². The van der Waals surface area contributed by atoms with E-state index < -0.39 is 29.1 Å². The van der Waals surface area contributed by atoms with Crippen LogP contribution in [-0.2, 0) is 25.6 Å². The van der Waals surface area contributed by atoms with Crippen molar-refractivity contribution in [3.8, 4) is 23.0 Å². The van der Waals surface area contributed by atoms with Crippen molar-refractivity contribution < 1.29 is 43.1 Å². The molecule has 3 aromatic rings. The SMILES string of the molecule is COc1cccc([C@H]2OC(c3ccc(OCCCO)cc3)=N[C@@]2(CCC(=O)OC(C)(C)C)C(=O)NCc2cccc(OC)c2OC)c1. The molecule has 0 aromatic heterocycles. The molecule has 0 bridgehead atoms. The van der Waals surface area contributed by atoms with Crippen LogP contribution in [0, 0.1) is 0 Å². The van der Waals surface area contributed by atoms with Gasteiger partial charge in [0.2, 0.25) is 5.90 Å². The lowest BCUT2D eigenvalue weighted by Gasteiger charge is -2.31. The summed E-state index contributed by atoms with van der Waals surface area (Å²) in [5.41, 5.74) is -0.316. The predicted octanol–water partition coefficient (Wildman–Crippen LogP) is 5.17. The third kappa shape index (κ3) is 8.74. The average molecular weight is 649 g/mol. The molecule has 11 heteroatoms. The lowest BCUT2D eigenvalue weighted by Crippen LogP contribution is -2.48. The number of esters is 1. The maximum Gasteiger partial charge on any atom is 0.306 e. The summed E-state index contributed by atoms with van der Waals surface area (Å²) in [6.07, 6.45) is -0.499. The smallest absolute Gasteiger partial charge is 0.306 e. The number of aliphatic hydroxyl groups is 1. The first-order chi connectivity index (χ1) is 22.5. The van der Waals surface area contributed by atoms with Gasteiger partial charge in [0.15, 0.2) is 23.1 Å². The van der Waals surface area contributed by atoms with Gasteiger partial charge in [-0.1, -0.05) is 24.3 Å². The van der Waals surface area contributed by atoms with Gasteiger partial charge in [-0.3, -0.25) is 9.59 Å². The van der Waals surface area contributed by atoms with Crippen molar-refractivity contribution in [1.29, 1.82) is 0 Å². The molecule has 0 spiro atoms. The van der Waals surface area contributed by atoms with Crippen LogP contribution < -0.4 is 24.3 Å². The summed E-state index contributed by atoms with van der Waals surface area (Å²) in [6, 6.07) is 19.8. The fourth-order valence-electron chi connectivity index (χ4n) is 5.28. The lowest BCUT2D eigenvalue weighted by atomic mass is 9.83. The maximum absolute atomic E-state index is 14.5. The molecule has 1 amide bonds. The largest absolute Gasteiger partial charge is 0.497 e. The van der Waals surface area contributed by atoms with Crippen molar-refractivity contribution in [3.05, 3.63) is 83.4 Å². The topological polar surface area (TPSA) is 134 Å². The molecule has 0 aliphatic carbocycles. The molecule has 11 nitrogen and oxygen atoms in total. The number of rotatable bonds is 15. The van der Waals surface area contributed by atoms with Crippen LogP contribution in [0.25, 0.3) is 0 Å². The van der Waals surface area contributed by atoms with Crippen LogP contribution in [0.1, 0.15) is 62.8 Å². The Labute approximate surface area is 275 Å². The van der Waals surface area contributed by atoms with Gasteiger partial charge in [-0.15, -0.1) is 0 Å². The fourth-order valence-corrected chi connectivity index (χ4v) is 5.28. The number of amides is 1. The van der Waals surface area contributed by atoms with Gasteiger partial charge >= 0.3 is 5.97 Å². The highest BCUT2D eigenvalue weighted by molar-refractivity contribution is 6.01. The molecule has 0 unspecified atom stereocenters. The Hall–Kier alpha value is -4.77. The predicted molar refractivity (Wildman–Crippen MR) is 176 cm³/mol. The van der Waals surface area contributed by atoms with Gasteiger partial charge < -0.3 is 38.8 Å². The van der Waals surface area contributed by atoms with E-state index in [1.807, 2.05) is 24.3 Å². The molecule has 2 N–H and O–H groups in total. The number of benzene rings is 3. The highest BCUT2D eigenvalue weighted by Gasteiger charge is 2.53. The van der Waals surface area contributed by atoms with E-state index >= 15 is 0 Å². The summed E-state index contributed by atoms with van der Waals surface area (Å²) < 4.78 is 34.3. The van der Waals surface area contributed by atoms with E-state index in [-0.39, 0.29) is 31.9 Å². The van der Waals surface area contributed by atoms with Gasteiger partial charge in [0.25, 0.3) is 5.91 Å². The van der Waals surface area contributed by atoms with Crippen LogP contribution in [0.15, 0.2) is 71.7 Å². The Morgan fingerprint density at radius 1 is 0.957 bits per heavy atom. The van der Waals surface area contributed by atoms with Gasteiger partial charge in [0.1, 0.15) is 17.1 Å². The molecule has 1 aliphatic rings. The molecule has 0 saturated carbocycles. The van der Waals surface area contributed by atoms with Crippen molar-refractivity contribution >= 4 is 17.8 Å². The molecular formula is C36H44N2O9. The second-order valence-electron chi connectivity index (χ2n) is 12.0. The molecule has 4 rings (SSSR count). The third-order valence-corrected chi connectivity index (χ3v) is 7.48. The number of methoxy groups -OCH3 is 3. The number of nitrogens with one attached hydrogen (secondary N) is 1. The molecule has 1 heterocycles. The number of aliphatic imine (C=N–C) groups is 1. The van der Waals surface area contributed by atoms with Crippen LogP contribution in [0.4, 0.5) is 0 Å². The fraction of sp³-hybridized carbons (Fsp3) is 0.417. The Balaban J connectivity index is 1.76. The number of aliphatic hydroxyl groups excluding tert-OH is 1. The van der Waals surface area contributed by atoms with E-state index in [0.29, 0.717) is 52.7 Å². The molecule has 0 radical (unpaired) electrons. The van der Waals surface area contributed by atoms with E-state index in [1.165, 1.54) is 7.11 Å². The molecule has 0 saturated heterocycles. The van der Waals surface area contributed by atoms with E-state index in [0.717, 1.165) is 0 Å². The first-order valence-corrected chi connectivity index (χ1v) is 15.5. The minimum atomic E-state index is -1.57. The average Bonchev–Trinajstić information content (AvgIpc) is 3.46. The van der Waals surface area contributed by atoms with E-state index in [1.54, 1.807) is 77.5 Å². The molecule has 2 atom stereocenters. The zero-order valence-electron chi connectivity index (χ0n) is 27.8. The molecule has 252 valence electrons. The second-order valence-corrected chi connectivity index (χ2v) is 12.0. The first kappa shape index (κ1) is 35.1. The summed E-state index contributed by atoms with van der Waals surface area (Å²) in [5.74, 6) is 1.54. The zero-order valence-corrected chi connectivity index (χ0v) is 27.8. The van der Waals surface area contributed by atoms with Crippen LogP contribution in [0.3, 0.4) is 0 Å². The minimum Gasteiger partial charge on any atom is -0.497 e. The van der Waals surface area contributed by atoms with Gasteiger partial charge in [0, 0.05) is 37.1 Å².